The lowest BCUT2D eigenvalue weighted by molar-refractivity contribution is 0.352. The summed E-state index contributed by atoms with van der Waals surface area (Å²) in [4.78, 5) is 1.92. The largest absolute Gasteiger partial charge is 0.372 e. The van der Waals surface area contributed by atoms with Crippen molar-refractivity contribution < 1.29 is 4.39 Å². The van der Waals surface area contributed by atoms with Crippen LogP contribution in [0.25, 0.3) is 0 Å². The third-order valence-electron chi connectivity index (χ3n) is 2.72. The number of halogens is 2. The fourth-order valence-corrected chi connectivity index (χ4v) is 1.91. The lowest BCUT2D eigenvalue weighted by Crippen LogP contribution is -2.47. The van der Waals surface area contributed by atoms with Crippen LogP contribution in [0.1, 0.15) is 0 Å². The zero-order chi connectivity index (χ0) is 10.8. The summed E-state index contributed by atoms with van der Waals surface area (Å²) in [5.74, 6) is 0.405. The molecule has 1 aliphatic rings. The van der Waals surface area contributed by atoms with Crippen molar-refractivity contribution in [3.63, 3.8) is 0 Å². The van der Waals surface area contributed by atoms with Crippen LogP contribution in [0.2, 0.25) is 5.02 Å². The molecular formula is C11H14ClFN2. The van der Waals surface area contributed by atoms with Crippen LogP contribution < -0.4 is 10.2 Å². The van der Waals surface area contributed by atoms with Crippen LogP contribution >= 0.6 is 11.6 Å². The molecule has 0 atom stereocenters. The quantitative estimate of drug-likeness (QED) is 0.853. The van der Waals surface area contributed by atoms with Crippen LogP contribution in [-0.4, -0.2) is 26.7 Å². The Morgan fingerprint density at radius 3 is 2.87 bits per heavy atom. The number of anilines is 1. The van der Waals surface area contributed by atoms with Crippen molar-refractivity contribution in [3.8, 4) is 0 Å². The van der Waals surface area contributed by atoms with Gasteiger partial charge in [-0.3, -0.25) is 0 Å². The Morgan fingerprint density at radius 2 is 2.27 bits per heavy atom. The van der Waals surface area contributed by atoms with E-state index in [9.17, 15) is 4.39 Å². The smallest absolute Gasteiger partial charge is 0.146 e. The van der Waals surface area contributed by atoms with Gasteiger partial charge in [-0.1, -0.05) is 11.6 Å². The number of hydrogen-bond acceptors (Lipinski definition) is 2. The topological polar surface area (TPSA) is 15.3 Å². The van der Waals surface area contributed by atoms with Crippen LogP contribution in [0.4, 0.5) is 10.1 Å². The summed E-state index contributed by atoms with van der Waals surface area (Å²) in [6, 6.07) is 4.65. The lowest BCUT2D eigenvalue weighted by atomic mass is 10.0. The maximum atomic E-state index is 13.5. The van der Waals surface area contributed by atoms with Gasteiger partial charge in [-0.2, -0.15) is 0 Å². The van der Waals surface area contributed by atoms with E-state index in [4.69, 9.17) is 11.6 Å². The highest BCUT2D eigenvalue weighted by molar-refractivity contribution is 6.30. The molecule has 0 aromatic heterocycles. The van der Waals surface area contributed by atoms with Gasteiger partial charge in [0.1, 0.15) is 5.82 Å². The predicted molar refractivity (Wildman–Crippen MR) is 61.0 cm³/mol. The number of nitrogens with zero attached hydrogens (tertiary/aromatic N) is 1. The first kappa shape index (κ1) is 10.7. The molecule has 1 aliphatic heterocycles. The Kier molecular flexibility index (Phi) is 3.12. The molecule has 0 saturated carbocycles. The lowest BCUT2D eigenvalue weighted by Gasteiger charge is -2.32. The van der Waals surface area contributed by atoms with Gasteiger partial charge >= 0.3 is 0 Å². The molecule has 4 heteroatoms. The summed E-state index contributed by atoms with van der Waals surface area (Å²) in [6.07, 6.45) is 0. The van der Waals surface area contributed by atoms with Gasteiger partial charge in [0.25, 0.3) is 0 Å². The second-order valence-corrected chi connectivity index (χ2v) is 4.44. The zero-order valence-corrected chi connectivity index (χ0v) is 9.39. The molecule has 82 valence electrons. The van der Waals surface area contributed by atoms with E-state index < -0.39 is 0 Å². The van der Waals surface area contributed by atoms with Crippen molar-refractivity contribution in [2.24, 2.45) is 5.92 Å². The van der Waals surface area contributed by atoms with E-state index in [2.05, 4.69) is 5.32 Å². The van der Waals surface area contributed by atoms with Crippen molar-refractivity contribution in [3.05, 3.63) is 29.0 Å². The Balaban J connectivity index is 2.09. The molecule has 15 heavy (non-hydrogen) atoms. The molecular weight excluding hydrogens is 215 g/mol. The molecule has 0 spiro atoms. The fraction of sp³-hybridized carbons (Fsp3) is 0.455. The van der Waals surface area contributed by atoms with Gasteiger partial charge in [0.05, 0.1) is 5.69 Å². The summed E-state index contributed by atoms with van der Waals surface area (Å²) in [6.45, 7) is 2.91. The maximum absolute atomic E-state index is 13.5. The van der Waals surface area contributed by atoms with Crippen molar-refractivity contribution in [1.82, 2.24) is 5.32 Å². The molecule has 1 aromatic carbocycles. The number of rotatable bonds is 3. The molecule has 1 saturated heterocycles. The standard InChI is InChI=1S/C11H14ClFN2/c1-15(7-8-5-14-6-8)11-4-9(12)2-3-10(11)13/h2-4,8,14H,5-7H2,1H3. The summed E-state index contributed by atoms with van der Waals surface area (Å²) in [5, 5.41) is 3.77. The van der Waals surface area contributed by atoms with Crippen LogP contribution in [0.5, 0.6) is 0 Å². The highest BCUT2D eigenvalue weighted by Crippen LogP contribution is 2.23. The molecule has 2 rings (SSSR count). The van der Waals surface area contributed by atoms with E-state index in [0.717, 1.165) is 19.6 Å². The van der Waals surface area contributed by atoms with Gasteiger partial charge in [-0.25, -0.2) is 4.39 Å². The monoisotopic (exact) mass is 228 g/mol. The fourth-order valence-electron chi connectivity index (χ4n) is 1.74. The highest BCUT2D eigenvalue weighted by Gasteiger charge is 2.19. The third-order valence-corrected chi connectivity index (χ3v) is 2.95. The van der Waals surface area contributed by atoms with Crippen molar-refractivity contribution >= 4 is 17.3 Å². The zero-order valence-electron chi connectivity index (χ0n) is 8.63. The van der Waals surface area contributed by atoms with E-state index in [-0.39, 0.29) is 5.82 Å². The minimum Gasteiger partial charge on any atom is -0.372 e. The molecule has 2 nitrogen and oxygen atoms in total. The molecule has 0 amide bonds. The molecule has 0 aliphatic carbocycles. The SMILES string of the molecule is CN(CC1CNC1)c1cc(Cl)ccc1F. The molecule has 0 unspecified atom stereocenters. The molecule has 1 N–H and O–H groups in total. The molecule has 0 bridgehead atoms. The van der Waals surface area contributed by atoms with E-state index in [1.54, 1.807) is 12.1 Å². The Hall–Kier alpha value is -0.800. The highest BCUT2D eigenvalue weighted by atomic mass is 35.5. The van der Waals surface area contributed by atoms with Gasteiger partial charge in [-0.15, -0.1) is 0 Å². The average molecular weight is 229 g/mol. The first-order chi connectivity index (χ1) is 7.16. The Labute approximate surface area is 94.0 Å². The van der Waals surface area contributed by atoms with Gasteiger partial charge < -0.3 is 10.2 Å². The van der Waals surface area contributed by atoms with Crippen molar-refractivity contribution in [1.29, 1.82) is 0 Å². The Morgan fingerprint density at radius 1 is 1.53 bits per heavy atom. The van der Waals surface area contributed by atoms with Gasteiger partial charge in [0.15, 0.2) is 0 Å². The van der Waals surface area contributed by atoms with Crippen LogP contribution in [0.15, 0.2) is 18.2 Å². The van der Waals surface area contributed by atoms with Crippen molar-refractivity contribution in [2.75, 3.05) is 31.6 Å². The summed E-state index contributed by atoms with van der Waals surface area (Å²) in [7, 11) is 1.90. The minimum atomic E-state index is -0.214. The second-order valence-electron chi connectivity index (χ2n) is 4.00. The van der Waals surface area contributed by atoms with E-state index in [1.807, 2.05) is 11.9 Å². The maximum Gasteiger partial charge on any atom is 0.146 e. The van der Waals surface area contributed by atoms with Crippen molar-refractivity contribution in [2.45, 2.75) is 0 Å². The molecule has 1 aromatic rings. The van der Waals surface area contributed by atoms with E-state index in [1.165, 1.54) is 6.07 Å². The molecule has 0 radical (unpaired) electrons. The summed E-state index contributed by atoms with van der Waals surface area (Å²) in [5.41, 5.74) is 0.578. The third kappa shape index (κ3) is 2.41. The Bertz CT molecular complexity index is 352. The van der Waals surface area contributed by atoms with E-state index in [0.29, 0.717) is 16.6 Å². The second kappa shape index (κ2) is 4.37. The summed E-state index contributed by atoms with van der Waals surface area (Å²) >= 11 is 5.84. The number of nitrogens with one attached hydrogen (secondary N) is 1. The van der Waals surface area contributed by atoms with Crippen LogP contribution in [0, 0.1) is 11.7 Å². The van der Waals surface area contributed by atoms with Crippen LogP contribution in [0.3, 0.4) is 0 Å². The van der Waals surface area contributed by atoms with Gasteiger partial charge in [0, 0.05) is 37.6 Å². The normalized spacial score (nSPS) is 16.2. The first-order valence-corrected chi connectivity index (χ1v) is 5.41. The number of hydrogen-bond donors (Lipinski definition) is 1. The first-order valence-electron chi connectivity index (χ1n) is 5.03. The van der Waals surface area contributed by atoms with Gasteiger partial charge in [-0.05, 0) is 18.2 Å². The van der Waals surface area contributed by atoms with Crippen LogP contribution in [-0.2, 0) is 0 Å². The number of benzene rings is 1. The summed E-state index contributed by atoms with van der Waals surface area (Å²) < 4.78 is 13.5. The minimum absolute atomic E-state index is 0.214. The van der Waals surface area contributed by atoms with Gasteiger partial charge in [0.2, 0.25) is 0 Å². The molecule has 1 fully saturated rings. The van der Waals surface area contributed by atoms with E-state index >= 15 is 0 Å². The molecule has 1 heterocycles. The predicted octanol–water partition coefficient (Wildman–Crippen LogP) is 2.13. The average Bonchev–Trinajstić information content (AvgIpc) is 2.15.